The summed E-state index contributed by atoms with van der Waals surface area (Å²) in [5.74, 6) is 0. The smallest absolute Gasteiger partial charge is 0.376 e. The van der Waals surface area contributed by atoms with Gasteiger partial charge in [-0.05, 0) is 25.4 Å². The Morgan fingerprint density at radius 3 is 2.75 bits per heavy atom. The molecular formula is C12H18BNO2. The van der Waals surface area contributed by atoms with Gasteiger partial charge in [-0.3, -0.25) is 0 Å². The maximum Gasteiger partial charge on any atom is 0.376 e. The Labute approximate surface area is 97.2 Å². The monoisotopic (exact) mass is 219 g/mol. The summed E-state index contributed by atoms with van der Waals surface area (Å²) in [6, 6.07) is 10.6. The molecule has 1 atom stereocenters. The van der Waals surface area contributed by atoms with Crippen LogP contribution in [0.25, 0.3) is 0 Å². The molecule has 1 N–H and O–H groups in total. The quantitative estimate of drug-likeness (QED) is 0.759. The molecule has 2 rings (SSSR count). The van der Waals surface area contributed by atoms with Crippen molar-refractivity contribution < 1.29 is 9.76 Å². The van der Waals surface area contributed by atoms with Gasteiger partial charge in [-0.1, -0.05) is 30.3 Å². The van der Waals surface area contributed by atoms with Crippen molar-refractivity contribution in [2.45, 2.75) is 25.9 Å². The van der Waals surface area contributed by atoms with Crippen molar-refractivity contribution in [3.8, 4) is 0 Å². The van der Waals surface area contributed by atoms with Gasteiger partial charge in [0.05, 0.1) is 13.2 Å². The molecule has 1 aromatic carbocycles. The van der Waals surface area contributed by atoms with E-state index in [9.17, 15) is 5.02 Å². The van der Waals surface area contributed by atoms with Crippen LogP contribution in [-0.4, -0.2) is 36.1 Å². The summed E-state index contributed by atoms with van der Waals surface area (Å²) in [5.41, 5.74) is 1.20. The van der Waals surface area contributed by atoms with E-state index in [-0.39, 0.29) is 7.05 Å². The lowest BCUT2D eigenvalue weighted by molar-refractivity contribution is 0.0340. The van der Waals surface area contributed by atoms with E-state index in [1.807, 2.05) is 25.0 Å². The molecule has 0 bridgehead atoms. The first kappa shape index (κ1) is 11.6. The molecule has 4 heteroatoms. The highest BCUT2D eigenvalue weighted by Gasteiger charge is 2.32. The minimum absolute atomic E-state index is 0.348. The summed E-state index contributed by atoms with van der Waals surface area (Å²) in [6.07, 6.45) is 1.12. The third-order valence-corrected chi connectivity index (χ3v) is 3.09. The normalized spacial score (nSPS) is 20.5. The van der Waals surface area contributed by atoms with Crippen molar-refractivity contribution in [3.63, 3.8) is 0 Å². The Morgan fingerprint density at radius 2 is 2.19 bits per heavy atom. The van der Waals surface area contributed by atoms with Crippen LogP contribution in [0.2, 0.25) is 6.82 Å². The zero-order valence-corrected chi connectivity index (χ0v) is 9.67. The van der Waals surface area contributed by atoms with Gasteiger partial charge in [-0.2, -0.15) is 0 Å². The molecule has 1 aliphatic heterocycles. The maximum absolute atomic E-state index is 9.43. The first-order valence-electron chi connectivity index (χ1n) is 5.83. The van der Waals surface area contributed by atoms with E-state index in [0.29, 0.717) is 19.3 Å². The Bertz CT molecular complexity index is 318. The van der Waals surface area contributed by atoms with Gasteiger partial charge >= 0.3 is 7.05 Å². The fourth-order valence-corrected chi connectivity index (χ4v) is 2.02. The third kappa shape index (κ3) is 2.85. The van der Waals surface area contributed by atoms with Crippen LogP contribution >= 0.6 is 0 Å². The second kappa shape index (κ2) is 5.48. The van der Waals surface area contributed by atoms with Crippen molar-refractivity contribution in [3.05, 3.63) is 35.9 Å². The van der Waals surface area contributed by atoms with Crippen LogP contribution in [0.4, 0.5) is 0 Å². The highest BCUT2D eigenvalue weighted by molar-refractivity contribution is 6.45. The van der Waals surface area contributed by atoms with Crippen LogP contribution in [0.3, 0.4) is 0 Å². The number of rotatable bonds is 5. The second-order valence-corrected chi connectivity index (χ2v) is 4.31. The average Bonchev–Trinajstić information content (AvgIpc) is 2.23. The van der Waals surface area contributed by atoms with E-state index >= 15 is 0 Å². The molecule has 1 fully saturated rings. The topological polar surface area (TPSA) is 32.7 Å². The molecule has 86 valence electrons. The lowest BCUT2D eigenvalue weighted by Crippen LogP contribution is -2.56. The van der Waals surface area contributed by atoms with Crippen molar-refractivity contribution >= 4 is 7.05 Å². The van der Waals surface area contributed by atoms with Gasteiger partial charge in [-0.15, -0.1) is 0 Å². The van der Waals surface area contributed by atoms with Crippen LogP contribution < -0.4 is 0 Å². The van der Waals surface area contributed by atoms with Gasteiger partial charge in [0, 0.05) is 6.04 Å². The first-order valence-corrected chi connectivity index (χ1v) is 5.83. The standard InChI is InChI=1S/C12H18BNO2/c1-13(15)14-8-7-12(14)10-16-9-11-5-3-2-4-6-11/h2-6,12,15H,7-10H2,1H3/t12-/m0/s1. The van der Waals surface area contributed by atoms with Gasteiger partial charge in [0.25, 0.3) is 0 Å². The Hall–Kier alpha value is -0.835. The van der Waals surface area contributed by atoms with Crippen molar-refractivity contribution in [2.24, 2.45) is 0 Å². The molecule has 1 aliphatic rings. The Balaban J connectivity index is 1.69. The minimum Gasteiger partial charge on any atom is -0.437 e. The number of nitrogens with zero attached hydrogens (tertiary/aromatic N) is 1. The van der Waals surface area contributed by atoms with Gasteiger partial charge in [-0.25, -0.2) is 0 Å². The molecule has 1 heterocycles. The number of benzene rings is 1. The summed E-state index contributed by atoms with van der Waals surface area (Å²) in [4.78, 5) is 2.06. The van der Waals surface area contributed by atoms with Gasteiger partial charge in [0.15, 0.2) is 0 Å². The predicted octanol–water partition coefficient (Wildman–Crippen LogP) is 1.39. The van der Waals surface area contributed by atoms with Crippen LogP contribution in [0, 0.1) is 0 Å². The molecule has 0 aliphatic carbocycles. The number of hydrogen-bond acceptors (Lipinski definition) is 3. The zero-order chi connectivity index (χ0) is 11.4. The van der Waals surface area contributed by atoms with E-state index in [0.717, 1.165) is 13.0 Å². The highest BCUT2D eigenvalue weighted by Crippen LogP contribution is 2.18. The summed E-state index contributed by atoms with van der Waals surface area (Å²) in [7, 11) is -0.348. The van der Waals surface area contributed by atoms with Crippen molar-refractivity contribution in [2.75, 3.05) is 13.2 Å². The van der Waals surface area contributed by atoms with E-state index in [1.165, 1.54) is 5.56 Å². The summed E-state index contributed by atoms with van der Waals surface area (Å²) >= 11 is 0. The largest absolute Gasteiger partial charge is 0.437 e. The van der Waals surface area contributed by atoms with Gasteiger partial charge in [0.1, 0.15) is 0 Å². The maximum atomic E-state index is 9.43. The van der Waals surface area contributed by atoms with Crippen molar-refractivity contribution in [1.29, 1.82) is 0 Å². The van der Waals surface area contributed by atoms with Gasteiger partial charge < -0.3 is 14.6 Å². The molecule has 1 aromatic rings. The number of ether oxygens (including phenoxy) is 1. The fraction of sp³-hybridized carbons (Fsp3) is 0.500. The molecule has 0 saturated carbocycles. The van der Waals surface area contributed by atoms with Crippen LogP contribution in [0.1, 0.15) is 12.0 Å². The SMILES string of the molecule is CB(O)N1CC[C@H]1COCc1ccccc1. The number of hydrogen-bond donors (Lipinski definition) is 1. The Morgan fingerprint density at radius 1 is 1.44 bits per heavy atom. The molecular weight excluding hydrogens is 201 g/mol. The minimum atomic E-state index is -0.348. The molecule has 16 heavy (non-hydrogen) atoms. The van der Waals surface area contributed by atoms with Crippen LogP contribution in [0.15, 0.2) is 30.3 Å². The van der Waals surface area contributed by atoms with Crippen molar-refractivity contribution in [1.82, 2.24) is 4.81 Å². The predicted molar refractivity (Wildman–Crippen MR) is 65.0 cm³/mol. The molecule has 3 nitrogen and oxygen atoms in total. The zero-order valence-electron chi connectivity index (χ0n) is 9.67. The summed E-state index contributed by atoms with van der Waals surface area (Å²) < 4.78 is 5.65. The second-order valence-electron chi connectivity index (χ2n) is 4.31. The lowest BCUT2D eigenvalue weighted by Gasteiger charge is -2.41. The van der Waals surface area contributed by atoms with Crippen LogP contribution in [-0.2, 0) is 11.3 Å². The average molecular weight is 219 g/mol. The molecule has 0 aromatic heterocycles. The first-order chi connectivity index (χ1) is 7.77. The van der Waals surface area contributed by atoms with Crippen LogP contribution in [0.5, 0.6) is 0 Å². The lowest BCUT2D eigenvalue weighted by atomic mass is 9.78. The molecule has 0 amide bonds. The molecule has 0 unspecified atom stereocenters. The van der Waals surface area contributed by atoms with E-state index in [4.69, 9.17) is 4.74 Å². The highest BCUT2D eigenvalue weighted by atomic mass is 16.5. The summed E-state index contributed by atoms with van der Waals surface area (Å²) in [6.45, 7) is 4.16. The third-order valence-electron chi connectivity index (χ3n) is 3.09. The summed E-state index contributed by atoms with van der Waals surface area (Å²) in [5, 5.41) is 9.43. The van der Waals surface area contributed by atoms with E-state index < -0.39 is 0 Å². The molecule has 0 spiro atoms. The van der Waals surface area contributed by atoms with E-state index in [1.54, 1.807) is 0 Å². The van der Waals surface area contributed by atoms with Gasteiger partial charge in [0.2, 0.25) is 0 Å². The molecule has 1 saturated heterocycles. The Kier molecular flexibility index (Phi) is 3.99. The van der Waals surface area contributed by atoms with E-state index in [2.05, 4.69) is 16.9 Å². The fourth-order valence-electron chi connectivity index (χ4n) is 2.02. The molecule has 0 radical (unpaired) electrons.